The average molecular weight is 342 g/mol. The minimum atomic E-state index is -4.46. The largest absolute Gasteiger partial charge is 0.416 e. The van der Waals surface area contributed by atoms with Gasteiger partial charge in [-0.3, -0.25) is 4.18 Å². The molecule has 1 aromatic rings. The molecule has 0 spiro atoms. The molecule has 3 atom stereocenters. The predicted octanol–water partition coefficient (Wildman–Crippen LogP) is 2.85. The summed E-state index contributed by atoms with van der Waals surface area (Å²) in [5.74, 6) is 0. The highest BCUT2D eigenvalue weighted by Gasteiger charge is 2.37. The molecular weight excluding hydrogens is 328 g/mol. The number of benzene rings is 1. The summed E-state index contributed by atoms with van der Waals surface area (Å²) in [4.78, 5) is 0. The second-order valence-electron chi connectivity index (χ2n) is 5.04. The van der Waals surface area contributed by atoms with Gasteiger partial charge >= 0.3 is 6.18 Å². The van der Waals surface area contributed by atoms with E-state index in [4.69, 9.17) is 4.74 Å². The predicted molar refractivity (Wildman–Crippen MR) is 69.4 cm³/mol. The molecule has 22 heavy (non-hydrogen) atoms. The molecule has 0 radical (unpaired) electrons. The number of alkyl halides is 4. The van der Waals surface area contributed by atoms with Crippen molar-refractivity contribution in [1.82, 2.24) is 0 Å². The summed E-state index contributed by atoms with van der Waals surface area (Å²) in [5.41, 5.74) is -0.566. The van der Waals surface area contributed by atoms with Crippen LogP contribution in [0.2, 0.25) is 0 Å². The van der Waals surface area contributed by atoms with Crippen LogP contribution >= 0.6 is 0 Å². The van der Waals surface area contributed by atoms with E-state index in [9.17, 15) is 26.0 Å². The van der Waals surface area contributed by atoms with Crippen LogP contribution in [0.5, 0.6) is 0 Å². The van der Waals surface area contributed by atoms with Crippen molar-refractivity contribution < 1.29 is 34.9 Å². The van der Waals surface area contributed by atoms with Gasteiger partial charge in [0.25, 0.3) is 10.1 Å². The molecule has 0 bridgehead atoms. The molecule has 1 aliphatic rings. The summed E-state index contributed by atoms with van der Waals surface area (Å²) in [5, 5.41) is 0. The lowest BCUT2D eigenvalue weighted by atomic mass is 10.0. The Hall–Kier alpha value is -1.19. The van der Waals surface area contributed by atoms with Crippen molar-refractivity contribution in [3.8, 4) is 0 Å². The smallest absolute Gasteiger partial charge is 0.365 e. The molecule has 1 fully saturated rings. The van der Waals surface area contributed by atoms with Gasteiger partial charge in [0.2, 0.25) is 0 Å². The van der Waals surface area contributed by atoms with Gasteiger partial charge in [-0.25, -0.2) is 4.39 Å². The van der Waals surface area contributed by atoms with Crippen molar-refractivity contribution in [2.45, 2.75) is 31.0 Å². The number of halogens is 4. The van der Waals surface area contributed by atoms with E-state index in [2.05, 4.69) is 4.18 Å². The van der Waals surface area contributed by atoms with Gasteiger partial charge in [0.1, 0.15) is 12.3 Å². The Kier molecular flexibility index (Phi) is 4.78. The van der Waals surface area contributed by atoms with Gasteiger partial charge in [0.15, 0.2) is 0 Å². The zero-order chi connectivity index (χ0) is 16.5. The molecule has 0 amide bonds. The van der Waals surface area contributed by atoms with E-state index in [-0.39, 0.29) is 18.6 Å². The van der Waals surface area contributed by atoms with Gasteiger partial charge in [-0.2, -0.15) is 21.6 Å². The average Bonchev–Trinajstić information content (AvgIpc) is 2.76. The first kappa shape index (κ1) is 17.2. The van der Waals surface area contributed by atoms with Gasteiger partial charge in [0, 0.05) is 6.42 Å². The van der Waals surface area contributed by atoms with Gasteiger partial charge in [0.05, 0.1) is 24.5 Å². The van der Waals surface area contributed by atoms with Crippen LogP contribution in [0.25, 0.3) is 0 Å². The number of ether oxygens (including phenoxy) is 1. The maximum Gasteiger partial charge on any atom is 0.416 e. The van der Waals surface area contributed by atoms with Gasteiger partial charge < -0.3 is 4.74 Å². The molecule has 1 aliphatic heterocycles. The Morgan fingerprint density at radius 2 is 1.86 bits per heavy atom. The van der Waals surface area contributed by atoms with Crippen LogP contribution < -0.4 is 0 Å². The molecule has 1 aromatic carbocycles. The third-order valence-electron chi connectivity index (χ3n) is 3.19. The number of hydrogen-bond donors (Lipinski definition) is 0. The van der Waals surface area contributed by atoms with Gasteiger partial charge in [-0.1, -0.05) is 12.1 Å². The first-order valence-electron chi connectivity index (χ1n) is 6.37. The van der Waals surface area contributed by atoms with E-state index in [1.807, 2.05) is 0 Å². The van der Waals surface area contributed by atoms with Gasteiger partial charge in [-0.15, -0.1) is 0 Å². The Bertz CT molecular complexity index is 612. The molecule has 0 aliphatic carbocycles. The molecule has 1 heterocycles. The Balaban J connectivity index is 2.04. The van der Waals surface area contributed by atoms with E-state index in [1.165, 1.54) is 0 Å². The van der Waals surface area contributed by atoms with Crippen molar-refractivity contribution in [3.63, 3.8) is 0 Å². The molecule has 0 aromatic heterocycles. The van der Waals surface area contributed by atoms with Crippen LogP contribution in [0.1, 0.15) is 23.7 Å². The van der Waals surface area contributed by atoms with Crippen molar-refractivity contribution in [1.29, 1.82) is 0 Å². The Labute approximate surface area is 125 Å². The lowest BCUT2D eigenvalue weighted by molar-refractivity contribution is -0.137. The van der Waals surface area contributed by atoms with Crippen LogP contribution in [-0.4, -0.2) is 33.6 Å². The van der Waals surface area contributed by atoms with Crippen LogP contribution in [0, 0.1) is 0 Å². The van der Waals surface area contributed by atoms with Crippen LogP contribution in [0.15, 0.2) is 24.3 Å². The first-order valence-corrected chi connectivity index (χ1v) is 8.19. The Morgan fingerprint density at radius 1 is 1.27 bits per heavy atom. The highest BCUT2D eigenvalue weighted by Crippen LogP contribution is 2.37. The zero-order valence-electron chi connectivity index (χ0n) is 11.5. The van der Waals surface area contributed by atoms with E-state index in [0.717, 1.165) is 30.5 Å². The second kappa shape index (κ2) is 6.13. The quantitative estimate of drug-likeness (QED) is 0.624. The minimum absolute atomic E-state index is 0.0821. The van der Waals surface area contributed by atoms with Crippen molar-refractivity contribution in [2.24, 2.45) is 0 Å². The van der Waals surface area contributed by atoms with E-state index >= 15 is 0 Å². The molecule has 1 saturated heterocycles. The standard InChI is InChI=1S/C13H14F4O4S/c1-22(18,19)20-7-10-6-11(14)12(21-10)8-2-4-9(5-3-8)13(15,16)17/h2-5,10-12H,6-7H2,1H3. The fraction of sp³-hybridized carbons (Fsp3) is 0.538. The third-order valence-corrected chi connectivity index (χ3v) is 3.75. The summed E-state index contributed by atoms with van der Waals surface area (Å²) in [6.45, 7) is -0.323. The zero-order valence-corrected chi connectivity index (χ0v) is 12.3. The van der Waals surface area contributed by atoms with Crippen molar-refractivity contribution >= 4 is 10.1 Å². The minimum Gasteiger partial charge on any atom is -0.365 e. The van der Waals surface area contributed by atoms with Crippen LogP contribution in [-0.2, 0) is 25.2 Å². The summed E-state index contributed by atoms with van der Waals surface area (Å²) >= 11 is 0. The maximum atomic E-state index is 13.9. The molecule has 2 rings (SSSR count). The normalized spacial score (nSPS) is 26.3. The van der Waals surface area contributed by atoms with E-state index in [0.29, 0.717) is 0 Å². The maximum absolute atomic E-state index is 13.9. The fourth-order valence-corrected chi connectivity index (χ4v) is 2.58. The SMILES string of the molecule is CS(=O)(=O)OCC1CC(F)C(c2ccc(C(F)(F)F)cc2)O1. The summed E-state index contributed by atoms with van der Waals surface area (Å²) in [6, 6.07) is 4.01. The van der Waals surface area contributed by atoms with Crippen molar-refractivity contribution in [3.05, 3.63) is 35.4 Å². The van der Waals surface area contributed by atoms with Crippen LogP contribution in [0.3, 0.4) is 0 Å². The Morgan fingerprint density at radius 3 is 2.36 bits per heavy atom. The second-order valence-corrected chi connectivity index (χ2v) is 6.68. The van der Waals surface area contributed by atoms with Crippen LogP contribution in [0.4, 0.5) is 17.6 Å². The lowest BCUT2D eigenvalue weighted by Gasteiger charge is -2.15. The molecule has 124 valence electrons. The third kappa shape index (κ3) is 4.40. The molecule has 4 nitrogen and oxygen atoms in total. The molecule has 3 unspecified atom stereocenters. The molecule has 9 heteroatoms. The summed E-state index contributed by atoms with van der Waals surface area (Å²) < 4.78 is 83.0. The highest BCUT2D eigenvalue weighted by atomic mass is 32.2. The van der Waals surface area contributed by atoms with Crippen molar-refractivity contribution in [2.75, 3.05) is 12.9 Å². The number of hydrogen-bond acceptors (Lipinski definition) is 4. The monoisotopic (exact) mass is 342 g/mol. The number of rotatable bonds is 4. The highest BCUT2D eigenvalue weighted by molar-refractivity contribution is 7.85. The molecule has 0 N–H and O–H groups in total. The van der Waals surface area contributed by atoms with Gasteiger partial charge in [-0.05, 0) is 17.7 Å². The molecular formula is C13H14F4O4S. The van der Waals surface area contributed by atoms with E-state index < -0.39 is 40.2 Å². The molecule has 0 saturated carbocycles. The topological polar surface area (TPSA) is 52.6 Å². The lowest BCUT2D eigenvalue weighted by Crippen LogP contribution is -2.17. The summed E-state index contributed by atoms with van der Waals surface area (Å²) in [7, 11) is -3.66. The fourth-order valence-electron chi connectivity index (χ4n) is 2.18. The first-order chi connectivity index (χ1) is 10.1. The van der Waals surface area contributed by atoms with E-state index in [1.54, 1.807) is 0 Å². The summed E-state index contributed by atoms with van der Waals surface area (Å²) in [6.07, 6.45) is -6.92.